The molecule has 146 valence electrons. The van der Waals surface area contributed by atoms with Crippen molar-refractivity contribution in [2.24, 2.45) is 5.92 Å². The van der Waals surface area contributed by atoms with E-state index in [1.54, 1.807) is 6.33 Å². The Morgan fingerprint density at radius 1 is 1.07 bits per heavy atom. The molecule has 2 aromatic heterocycles. The van der Waals surface area contributed by atoms with E-state index in [1.165, 1.54) is 24.2 Å². The van der Waals surface area contributed by atoms with Crippen molar-refractivity contribution in [3.8, 4) is 0 Å². The fraction of sp³-hybridized carbons (Fsp3) is 0.500. The van der Waals surface area contributed by atoms with Gasteiger partial charge in [0.25, 0.3) is 0 Å². The van der Waals surface area contributed by atoms with Crippen LogP contribution in [0.3, 0.4) is 0 Å². The predicted molar refractivity (Wildman–Crippen MR) is 113 cm³/mol. The molecule has 28 heavy (non-hydrogen) atoms. The number of piperidine rings is 1. The summed E-state index contributed by atoms with van der Waals surface area (Å²) < 4.78 is 2.48. The molecule has 3 aromatic rings. The van der Waals surface area contributed by atoms with Crippen LogP contribution < -0.4 is 10.2 Å². The van der Waals surface area contributed by atoms with Crippen LogP contribution in [-0.2, 0) is 6.42 Å². The van der Waals surface area contributed by atoms with Crippen LogP contribution in [0.25, 0.3) is 11.0 Å². The third-order valence-electron chi connectivity index (χ3n) is 6.06. The van der Waals surface area contributed by atoms with Crippen LogP contribution in [0, 0.1) is 5.92 Å². The molecule has 6 heteroatoms. The normalized spacial score (nSPS) is 18.0. The Balaban J connectivity index is 1.30. The molecule has 0 radical (unpaired) electrons. The number of hydrogen-bond donors (Lipinski definition) is 1. The molecule has 0 unspecified atom stereocenters. The summed E-state index contributed by atoms with van der Waals surface area (Å²) in [5, 5.41) is 3.46. The molecule has 3 heterocycles. The van der Waals surface area contributed by atoms with Crippen molar-refractivity contribution in [1.29, 1.82) is 0 Å². The third-order valence-corrected chi connectivity index (χ3v) is 6.06. The molecule has 0 atom stereocenters. The summed E-state index contributed by atoms with van der Waals surface area (Å²) in [7, 11) is 0. The van der Waals surface area contributed by atoms with Crippen molar-refractivity contribution < 1.29 is 0 Å². The summed E-state index contributed by atoms with van der Waals surface area (Å²) in [5.74, 6) is 4.03. The molecule has 0 spiro atoms. The van der Waals surface area contributed by atoms with Gasteiger partial charge in [0.2, 0.25) is 0 Å². The standard InChI is InChI=1S/C22H28N6/c1-2-21-26-18-5-3-4-6-19(18)28(21)17-9-11-27(12-10-17)22-13-20(24-15-25-22)23-14-16-7-8-16/h3-6,13,15-17H,2,7-12,14H2,1H3,(H,23,24,25). The minimum absolute atomic E-state index is 0.507. The topological polar surface area (TPSA) is 58.9 Å². The van der Waals surface area contributed by atoms with Gasteiger partial charge in [0.05, 0.1) is 11.0 Å². The van der Waals surface area contributed by atoms with Crippen molar-refractivity contribution in [3.05, 3.63) is 42.5 Å². The second kappa shape index (κ2) is 7.41. The van der Waals surface area contributed by atoms with E-state index < -0.39 is 0 Å². The maximum absolute atomic E-state index is 4.86. The van der Waals surface area contributed by atoms with Gasteiger partial charge in [-0.2, -0.15) is 0 Å². The lowest BCUT2D eigenvalue weighted by Crippen LogP contribution is -2.35. The van der Waals surface area contributed by atoms with Gasteiger partial charge in [0, 0.05) is 38.2 Å². The molecule has 2 aliphatic rings. The molecule has 6 nitrogen and oxygen atoms in total. The first-order valence-corrected chi connectivity index (χ1v) is 10.6. The lowest BCUT2D eigenvalue weighted by molar-refractivity contribution is 0.394. The van der Waals surface area contributed by atoms with E-state index in [1.807, 2.05) is 0 Å². The number of nitrogens with one attached hydrogen (secondary N) is 1. The number of rotatable bonds is 6. The molecule has 0 bridgehead atoms. The highest BCUT2D eigenvalue weighted by atomic mass is 15.2. The van der Waals surface area contributed by atoms with Crippen molar-refractivity contribution in [1.82, 2.24) is 19.5 Å². The van der Waals surface area contributed by atoms with Crippen molar-refractivity contribution in [2.45, 2.75) is 45.1 Å². The van der Waals surface area contributed by atoms with Gasteiger partial charge in [0.1, 0.15) is 23.8 Å². The van der Waals surface area contributed by atoms with E-state index >= 15 is 0 Å². The van der Waals surface area contributed by atoms with Crippen molar-refractivity contribution in [3.63, 3.8) is 0 Å². The smallest absolute Gasteiger partial charge is 0.134 e. The summed E-state index contributed by atoms with van der Waals surface area (Å²) in [6, 6.07) is 11.1. The number of benzene rings is 1. The van der Waals surface area contributed by atoms with Gasteiger partial charge in [-0.25, -0.2) is 15.0 Å². The molecule has 0 amide bonds. The van der Waals surface area contributed by atoms with Gasteiger partial charge in [0.15, 0.2) is 0 Å². The molecule has 1 aliphatic heterocycles. The van der Waals surface area contributed by atoms with Gasteiger partial charge in [-0.3, -0.25) is 0 Å². The second-order valence-corrected chi connectivity index (χ2v) is 8.04. The minimum atomic E-state index is 0.507. The molecular formula is C22H28N6. The number of para-hydroxylation sites is 2. The highest BCUT2D eigenvalue weighted by molar-refractivity contribution is 5.76. The zero-order valence-corrected chi connectivity index (χ0v) is 16.5. The second-order valence-electron chi connectivity index (χ2n) is 8.04. The molecule has 1 aromatic carbocycles. The molecule has 2 fully saturated rings. The van der Waals surface area contributed by atoms with Crippen LogP contribution in [0.5, 0.6) is 0 Å². The average Bonchev–Trinajstić information content (AvgIpc) is 3.51. The van der Waals surface area contributed by atoms with Crippen LogP contribution in [-0.4, -0.2) is 39.2 Å². The SMILES string of the molecule is CCc1nc2ccccc2n1C1CCN(c2cc(NCC3CC3)ncn2)CC1. The zero-order chi connectivity index (χ0) is 18.9. The Bertz CT molecular complexity index is 953. The largest absolute Gasteiger partial charge is 0.370 e. The number of imidazole rings is 1. The number of fused-ring (bicyclic) bond motifs is 1. The fourth-order valence-electron chi connectivity index (χ4n) is 4.29. The van der Waals surface area contributed by atoms with Gasteiger partial charge in [-0.05, 0) is 43.7 Å². The van der Waals surface area contributed by atoms with E-state index in [4.69, 9.17) is 4.98 Å². The van der Waals surface area contributed by atoms with E-state index in [0.29, 0.717) is 6.04 Å². The molecule has 1 saturated heterocycles. The summed E-state index contributed by atoms with van der Waals surface area (Å²) >= 11 is 0. The maximum Gasteiger partial charge on any atom is 0.134 e. The number of aromatic nitrogens is 4. The molecule has 5 rings (SSSR count). The van der Waals surface area contributed by atoms with Crippen molar-refractivity contribution in [2.75, 3.05) is 29.9 Å². The van der Waals surface area contributed by atoms with Crippen LogP contribution in [0.4, 0.5) is 11.6 Å². The highest BCUT2D eigenvalue weighted by Gasteiger charge is 2.25. The van der Waals surface area contributed by atoms with Gasteiger partial charge in [-0.1, -0.05) is 19.1 Å². The van der Waals surface area contributed by atoms with E-state index in [0.717, 1.165) is 62.0 Å². The first-order valence-electron chi connectivity index (χ1n) is 10.6. The Morgan fingerprint density at radius 2 is 1.89 bits per heavy atom. The Kier molecular flexibility index (Phi) is 4.63. The number of hydrogen-bond acceptors (Lipinski definition) is 5. The lowest BCUT2D eigenvalue weighted by Gasteiger charge is -2.34. The fourth-order valence-corrected chi connectivity index (χ4v) is 4.29. The van der Waals surface area contributed by atoms with E-state index in [9.17, 15) is 0 Å². The number of anilines is 2. The summed E-state index contributed by atoms with van der Waals surface area (Å²) in [6.07, 6.45) is 7.58. The predicted octanol–water partition coefficient (Wildman–Crippen LogP) is 4.05. The lowest BCUT2D eigenvalue weighted by atomic mass is 10.0. The Morgan fingerprint density at radius 3 is 2.68 bits per heavy atom. The summed E-state index contributed by atoms with van der Waals surface area (Å²) in [5.41, 5.74) is 2.38. The summed E-state index contributed by atoms with van der Waals surface area (Å²) in [4.78, 5) is 16.2. The van der Waals surface area contributed by atoms with Gasteiger partial charge in [-0.15, -0.1) is 0 Å². The Labute approximate surface area is 166 Å². The van der Waals surface area contributed by atoms with Gasteiger partial charge >= 0.3 is 0 Å². The third kappa shape index (κ3) is 3.43. The van der Waals surface area contributed by atoms with E-state index in [-0.39, 0.29) is 0 Å². The van der Waals surface area contributed by atoms with Gasteiger partial charge < -0.3 is 14.8 Å². The average molecular weight is 377 g/mol. The first kappa shape index (κ1) is 17.5. The molecular weight excluding hydrogens is 348 g/mol. The zero-order valence-electron chi connectivity index (χ0n) is 16.5. The van der Waals surface area contributed by atoms with Crippen LogP contribution in [0.15, 0.2) is 36.7 Å². The maximum atomic E-state index is 4.86. The minimum Gasteiger partial charge on any atom is -0.370 e. The molecule has 1 N–H and O–H groups in total. The quantitative estimate of drug-likeness (QED) is 0.703. The van der Waals surface area contributed by atoms with E-state index in [2.05, 4.69) is 62.0 Å². The number of aryl methyl sites for hydroxylation is 1. The molecule has 1 aliphatic carbocycles. The van der Waals surface area contributed by atoms with Crippen LogP contribution in [0.2, 0.25) is 0 Å². The monoisotopic (exact) mass is 376 g/mol. The Hall–Kier alpha value is -2.63. The van der Waals surface area contributed by atoms with Crippen LogP contribution >= 0.6 is 0 Å². The van der Waals surface area contributed by atoms with Crippen molar-refractivity contribution >= 4 is 22.7 Å². The molecule has 1 saturated carbocycles. The highest BCUT2D eigenvalue weighted by Crippen LogP contribution is 2.31. The first-order chi connectivity index (χ1) is 13.8. The van der Waals surface area contributed by atoms with Crippen LogP contribution in [0.1, 0.15) is 44.5 Å². The number of nitrogens with zero attached hydrogens (tertiary/aromatic N) is 5. The summed E-state index contributed by atoms with van der Waals surface area (Å²) in [6.45, 7) is 5.26.